The highest BCUT2D eigenvalue weighted by atomic mass is 35.5. The van der Waals surface area contributed by atoms with Crippen molar-refractivity contribution in [3.05, 3.63) is 70.5 Å². The molecule has 0 aliphatic carbocycles. The number of ether oxygens (including phenoxy) is 1. The van der Waals surface area contributed by atoms with Gasteiger partial charge in [-0.05, 0) is 30.3 Å². The minimum Gasteiger partial charge on any atom is -0.405 e. The van der Waals surface area contributed by atoms with E-state index in [9.17, 15) is 26.4 Å². The summed E-state index contributed by atoms with van der Waals surface area (Å²) in [5.74, 6) is -0.535. The number of anilines is 1. The van der Waals surface area contributed by atoms with Crippen LogP contribution in [0.2, 0.25) is 10.0 Å². The first-order valence-electron chi connectivity index (χ1n) is 9.96. The number of sulfone groups is 1. The Hall–Kier alpha value is -3.02. The summed E-state index contributed by atoms with van der Waals surface area (Å²) in [6.07, 6.45) is -3.69. The molecule has 2 N–H and O–H groups in total. The van der Waals surface area contributed by atoms with E-state index < -0.39 is 28.0 Å². The van der Waals surface area contributed by atoms with Crippen molar-refractivity contribution in [3.8, 4) is 16.9 Å². The van der Waals surface area contributed by atoms with Crippen LogP contribution < -0.4 is 15.4 Å². The lowest BCUT2D eigenvalue weighted by Crippen LogP contribution is -2.28. The monoisotopic (exact) mass is 547 g/mol. The number of amides is 2. The highest BCUT2D eigenvalue weighted by Gasteiger charge is 2.32. The number of carbonyl (C=O) groups excluding carboxylic acids is 1. The minimum atomic E-state index is -4.91. The second-order valence-corrected chi connectivity index (χ2v) is 10.1. The lowest BCUT2D eigenvalue weighted by atomic mass is 10.0. The summed E-state index contributed by atoms with van der Waals surface area (Å²) in [7, 11) is -3.38. The molecule has 3 aromatic rings. The topological polar surface area (TPSA) is 97.4 Å². The molecule has 0 unspecified atom stereocenters. The summed E-state index contributed by atoms with van der Waals surface area (Å²) in [5, 5.41) is 5.04. The van der Waals surface area contributed by atoms with E-state index in [-0.39, 0.29) is 44.1 Å². The zero-order chi connectivity index (χ0) is 25.8. The van der Waals surface area contributed by atoms with E-state index in [1.165, 1.54) is 55.6 Å². The SMILES string of the molecule is CCS(=O)(=O)c1ccc(CNC(=O)Nc2cc(Cl)c(-c3ccccc3OC(F)(F)F)c(Cl)c2)nc1. The molecular weight excluding hydrogens is 530 g/mol. The number of nitrogens with one attached hydrogen (secondary N) is 2. The van der Waals surface area contributed by atoms with Gasteiger partial charge in [0.2, 0.25) is 0 Å². The number of nitrogens with zero attached hydrogens (tertiary/aromatic N) is 1. The van der Waals surface area contributed by atoms with Gasteiger partial charge in [0, 0.05) is 23.0 Å². The van der Waals surface area contributed by atoms with Crippen LogP contribution >= 0.6 is 23.2 Å². The number of hydrogen-bond acceptors (Lipinski definition) is 5. The van der Waals surface area contributed by atoms with Crippen LogP contribution in [0.25, 0.3) is 11.1 Å². The number of benzene rings is 2. The maximum Gasteiger partial charge on any atom is 0.573 e. The lowest BCUT2D eigenvalue weighted by molar-refractivity contribution is -0.274. The predicted octanol–water partition coefficient (Wildman–Crippen LogP) is 6.07. The maximum atomic E-state index is 12.8. The molecule has 1 heterocycles. The minimum absolute atomic E-state index is 0.00000962. The first-order chi connectivity index (χ1) is 16.4. The molecule has 1 aromatic heterocycles. The number of alkyl halides is 3. The number of aromatic nitrogens is 1. The Morgan fingerprint density at radius 2 is 1.74 bits per heavy atom. The summed E-state index contributed by atoms with van der Waals surface area (Å²) >= 11 is 12.6. The first-order valence-corrected chi connectivity index (χ1v) is 12.4. The Balaban J connectivity index is 1.71. The van der Waals surface area contributed by atoms with Crippen LogP contribution in [0.1, 0.15) is 12.6 Å². The summed E-state index contributed by atoms with van der Waals surface area (Å²) in [5.41, 5.74) is 0.733. The second-order valence-electron chi connectivity index (χ2n) is 7.06. The predicted molar refractivity (Wildman–Crippen MR) is 126 cm³/mol. The van der Waals surface area contributed by atoms with Gasteiger partial charge >= 0.3 is 12.4 Å². The van der Waals surface area contributed by atoms with E-state index in [4.69, 9.17) is 23.2 Å². The smallest absolute Gasteiger partial charge is 0.405 e. The highest BCUT2D eigenvalue weighted by Crippen LogP contribution is 2.42. The van der Waals surface area contributed by atoms with Crippen molar-refractivity contribution in [1.29, 1.82) is 0 Å². The Morgan fingerprint density at radius 1 is 1.09 bits per heavy atom. The van der Waals surface area contributed by atoms with Crippen molar-refractivity contribution in [2.24, 2.45) is 0 Å². The molecule has 0 saturated heterocycles. The zero-order valence-electron chi connectivity index (χ0n) is 18.0. The third-order valence-electron chi connectivity index (χ3n) is 4.65. The number of rotatable bonds is 7. The van der Waals surface area contributed by atoms with Gasteiger partial charge in [-0.1, -0.05) is 48.3 Å². The molecule has 35 heavy (non-hydrogen) atoms. The molecule has 13 heteroatoms. The molecule has 0 spiro atoms. The molecule has 0 aliphatic rings. The van der Waals surface area contributed by atoms with Crippen molar-refractivity contribution >= 4 is 44.8 Å². The molecule has 0 atom stereocenters. The summed E-state index contributed by atoms with van der Waals surface area (Å²) in [4.78, 5) is 16.4. The molecule has 0 bridgehead atoms. The molecular formula is C22H18Cl2F3N3O4S. The van der Waals surface area contributed by atoms with Crippen molar-refractivity contribution in [2.45, 2.75) is 24.7 Å². The van der Waals surface area contributed by atoms with Gasteiger partial charge in [0.25, 0.3) is 0 Å². The van der Waals surface area contributed by atoms with Crippen LogP contribution in [0, 0.1) is 0 Å². The third-order valence-corrected chi connectivity index (χ3v) is 6.96. The summed E-state index contributed by atoms with van der Waals surface area (Å²) in [6, 6.07) is 10.3. The lowest BCUT2D eigenvalue weighted by Gasteiger charge is -2.16. The van der Waals surface area contributed by atoms with E-state index in [1.807, 2.05) is 0 Å². The van der Waals surface area contributed by atoms with Gasteiger partial charge in [0.05, 0.1) is 32.9 Å². The van der Waals surface area contributed by atoms with Gasteiger partial charge in [-0.15, -0.1) is 13.2 Å². The van der Waals surface area contributed by atoms with E-state index in [2.05, 4.69) is 20.4 Å². The number of halogens is 5. The van der Waals surface area contributed by atoms with E-state index in [0.29, 0.717) is 5.69 Å². The molecule has 2 aromatic carbocycles. The van der Waals surface area contributed by atoms with Crippen LogP contribution in [-0.2, 0) is 16.4 Å². The Kier molecular flexibility index (Phi) is 8.14. The molecule has 2 amide bonds. The maximum absolute atomic E-state index is 12.8. The molecule has 0 radical (unpaired) electrons. The molecule has 3 rings (SSSR count). The average Bonchev–Trinajstić information content (AvgIpc) is 2.77. The Labute approximate surface area is 209 Å². The normalized spacial score (nSPS) is 11.7. The number of hydrogen-bond donors (Lipinski definition) is 2. The van der Waals surface area contributed by atoms with Gasteiger partial charge in [0.15, 0.2) is 9.84 Å². The Bertz CT molecular complexity index is 1310. The van der Waals surface area contributed by atoms with Crippen LogP contribution in [0.3, 0.4) is 0 Å². The highest BCUT2D eigenvalue weighted by molar-refractivity contribution is 7.91. The fraction of sp³-hybridized carbons (Fsp3) is 0.182. The van der Waals surface area contributed by atoms with Crippen LogP contribution in [0.4, 0.5) is 23.7 Å². The molecule has 0 saturated carbocycles. The van der Waals surface area contributed by atoms with Crippen molar-refractivity contribution in [2.75, 3.05) is 11.1 Å². The van der Waals surface area contributed by atoms with E-state index >= 15 is 0 Å². The van der Waals surface area contributed by atoms with Crippen molar-refractivity contribution in [3.63, 3.8) is 0 Å². The molecule has 0 fully saturated rings. The van der Waals surface area contributed by atoms with E-state index in [0.717, 1.165) is 6.07 Å². The number of carbonyl (C=O) groups is 1. The zero-order valence-corrected chi connectivity index (χ0v) is 20.3. The standard InChI is InChI=1S/C22H18Cl2F3N3O4S/c1-2-35(32,33)15-8-7-13(28-12-15)11-29-21(31)30-14-9-17(23)20(18(24)10-14)16-5-3-4-6-19(16)34-22(25,26)27/h3-10,12H,2,11H2,1H3,(H2,29,30,31). The van der Waals surface area contributed by atoms with Gasteiger partial charge in [-0.25, -0.2) is 13.2 Å². The largest absolute Gasteiger partial charge is 0.573 e. The molecule has 7 nitrogen and oxygen atoms in total. The number of urea groups is 1. The van der Waals surface area contributed by atoms with Crippen LogP contribution in [0.15, 0.2) is 59.6 Å². The van der Waals surface area contributed by atoms with Crippen LogP contribution in [-0.4, -0.2) is 31.5 Å². The van der Waals surface area contributed by atoms with Gasteiger partial charge in [-0.3, -0.25) is 4.98 Å². The van der Waals surface area contributed by atoms with Gasteiger partial charge < -0.3 is 15.4 Å². The third kappa shape index (κ3) is 7.00. The quantitative estimate of drug-likeness (QED) is 0.374. The van der Waals surface area contributed by atoms with Crippen molar-refractivity contribution < 1.29 is 31.1 Å². The first kappa shape index (κ1) is 26.6. The van der Waals surface area contributed by atoms with Gasteiger partial charge in [-0.2, -0.15) is 0 Å². The van der Waals surface area contributed by atoms with E-state index in [1.54, 1.807) is 0 Å². The summed E-state index contributed by atoms with van der Waals surface area (Å²) in [6.45, 7) is 1.52. The van der Waals surface area contributed by atoms with Gasteiger partial charge in [0.1, 0.15) is 5.75 Å². The summed E-state index contributed by atoms with van der Waals surface area (Å²) < 4.78 is 66.0. The number of para-hydroxylation sites is 1. The second kappa shape index (κ2) is 10.7. The van der Waals surface area contributed by atoms with Crippen molar-refractivity contribution in [1.82, 2.24) is 10.3 Å². The molecule has 186 valence electrons. The fourth-order valence-corrected chi connectivity index (χ4v) is 4.51. The molecule has 0 aliphatic heterocycles. The average molecular weight is 548 g/mol. The number of pyridine rings is 1. The Morgan fingerprint density at radius 3 is 2.31 bits per heavy atom. The van der Waals surface area contributed by atoms with Crippen LogP contribution in [0.5, 0.6) is 5.75 Å². The fourth-order valence-electron chi connectivity index (χ4n) is 3.00.